The van der Waals surface area contributed by atoms with Crippen molar-refractivity contribution < 1.29 is 9.53 Å². The number of benzene rings is 1. The first-order chi connectivity index (χ1) is 10.3. The van der Waals surface area contributed by atoms with Gasteiger partial charge in [-0.3, -0.25) is 0 Å². The summed E-state index contributed by atoms with van der Waals surface area (Å²) < 4.78 is 5.10. The number of rotatable bonds is 4. The third-order valence-electron chi connectivity index (χ3n) is 4.78. The zero-order valence-electron chi connectivity index (χ0n) is 14.8. The standard InChI is InChI=1S/C19H29NO2/c1-7-8-16(18(21)22-6)20-17-11-13(2)9-10-15(17)14(3)12-19(20,4)5/h9-11,14,16H,7-8,12H2,1-6H3. The number of methoxy groups -OCH3 is 1. The van der Waals surface area contributed by atoms with E-state index in [2.05, 4.69) is 57.7 Å². The summed E-state index contributed by atoms with van der Waals surface area (Å²) in [4.78, 5) is 14.7. The first-order valence-corrected chi connectivity index (χ1v) is 8.29. The van der Waals surface area contributed by atoms with E-state index in [9.17, 15) is 4.79 Å². The van der Waals surface area contributed by atoms with Crippen molar-refractivity contribution in [3.63, 3.8) is 0 Å². The van der Waals surface area contributed by atoms with Crippen molar-refractivity contribution >= 4 is 11.7 Å². The largest absolute Gasteiger partial charge is 0.467 e. The minimum Gasteiger partial charge on any atom is -0.467 e. The smallest absolute Gasteiger partial charge is 0.328 e. The summed E-state index contributed by atoms with van der Waals surface area (Å²) >= 11 is 0. The summed E-state index contributed by atoms with van der Waals surface area (Å²) in [5, 5.41) is 0. The van der Waals surface area contributed by atoms with Crippen LogP contribution >= 0.6 is 0 Å². The Balaban J connectivity index is 2.57. The second kappa shape index (κ2) is 6.31. The van der Waals surface area contributed by atoms with Crippen LogP contribution in [0.2, 0.25) is 0 Å². The highest BCUT2D eigenvalue weighted by Gasteiger charge is 2.42. The maximum absolute atomic E-state index is 12.4. The van der Waals surface area contributed by atoms with Crippen LogP contribution in [0, 0.1) is 6.92 Å². The van der Waals surface area contributed by atoms with Crippen molar-refractivity contribution in [1.82, 2.24) is 0 Å². The molecule has 0 aromatic heterocycles. The Morgan fingerprint density at radius 3 is 2.73 bits per heavy atom. The van der Waals surface area contributed by atoms with E-state index in [-0.39, 0.29) is 17.6 Å². The third-order valence-corrected chi connectivity index (χ3v) is 4.78. The number of ether oxygens (including phenoxy) is 1. The summed E-state index contributed by atoms with van der Waals surface area (Å²) in [6.07, 6.45) is 2.82. The molecule has 0 spiro atoms. The van der Waals surface area contributed by atoms with Crippen molar-refractivity contribution in [2.24, 2.45) is 0 Å². The maximum atomic E-state index is 12.4. The molecule has 0 saturated carbocycles. The van der Waals surface area contributed by atoms with E-state index in [1.807, 2.05) is 0 Å². The normalized spacial score (nSPS) is 21.2. The van der Waals surface area contributed by atoms with Gasteiger partial charge in [-0.25, -0.2) is 4.79 Å². The highest BCUT2D eigenvalue weighted by molar-refractivity contribution is 5.81. The van der Waals surface area contributed by atoms with Gasteiger partial charge in [-0.2, -0.15) is 0 Å². The van der Waals surface area contributed by atoms with Crippen molar-refractivity contribution in [2.75, 3.05) is 12.0 Å². The summed E-state index contributed by atoms with van der Waals surface area (Å²) in [5.41, 5.74) is 3.71. The fourth-order valence-corrected chi connectivity index (χ4v) is 3.91. The highest BCUT2D eigenvalue weighted by Crippen LogP contribution is 2.45. The molecule has 0 aliphatic carbocycles. The Bertz CT molecular complexity index is 550. The van der Waals surface area contributed by atoms with Crippen LogP contribution in [0.25, 0.3) is 0 Å². The molecule has 1 aromatic rings. The van der Waals surface area contributed by atoms with E-state index < -0.39 is 0 Å². The van der Waals surface area contributed by atoms with Gasteiger partial charge in [-0.15, -0.1) is 0 Å². The number of hydrogen-bond donors (Lipinski definition) is 0. The lowest BCUT2D eigenvalue weighted by molar-refractivity contribution is -0.142. The van der Waals surface area contributed by atoms with Crippen LogP contribution in [-0.4, -0.2) is 24.7 Å². The van der Waals surface area contributed by atoms with Crippen LogP contribution in [0.3, 0.4) is 0 Å². The molecule has 2 unspecified atom stereocenters. The van der Waals surface area contributed by atoms with Crippen molar-refractivity contribution in [2.45, 2.75) is 71.4 Å². The molecule has 1 aromatic carbocycles. The summed E-state index contributed by atoms with van der Waals surface area (Å²) in [5.74, 6) is 0.374. The van der Waals surface area contributed by atoms with E-state index in [0.717, 1.165) is 19.3 Å². The predicted octanol–water partition coefficient (Wildman–Crippen LogP) is 4.43. The molecule has 0 saturated heterocycles. The Morgan fingerprint density at radius 1 is 1.45 bits per heavy atom. The predicted molar refractivity (Wildman–Crippen MR) is 91.5 cm³/mol. The molecule has 1 aliphatic heterocycles. The zero-order valence-corrected chi connectivity index (χ0v) is 14.8. The molecule has 0 radical (unpaired) electrons. The SMILES string of the molecule is CCCC(C(=O)OC)N1c2cc(C)ccc2C(C)CC1(C)C. The monoisotopic (exact) mass is 303 g/mol. The van der Waals surface area contributed by atoms with Gasteiger partial charge in [0.1, 0.15) is 6.04 Å². The average Bonchev–Trinajstić information content (AvgIpc) is 2.44. The Labute approximate surface area is 134 Å². The van der Waals surface area contributed by atoms with E-state index in [1.54, 1.807) is 0 Å². The number of carbonyl (C=O) groups is 1. The van der Waals surface area contributed by atoms with Crippen LogP contribution in [0.1, 0.15) is 64.0 Å². The quantitative estimate of drug-likeness (QED) is 0.771. The van der Waals surface area contributed by atoms with E-state index in [4.69, 9.17) is 4.74 Å². The molecule has 3 nitrogen and oxygen atoms in total. The van der Waals surface area contributed by atoms with Gasteiger partial charge in [-0.1, -0.05) is 32.4 Å². The maximum Gasteiger partial charge on any atom is 0.328 e. The lowest BCUT2D eigenvalue weighted by Gasteiger charge is -2.50. The second-order valence-electron chi connectivity index (χ2n) is 7.18. The molecule has 0 amide bonds. The van der Waals surface area contributed by atoms with Crippen LogP contribution < -0.4 is 4.90 Å². The Morgan fingerprint density at radius 2 is 2.14 bits per heavy atom. The zero-order chi connectivity index (χ0) is 16.5. The first-order valence-electron chi connectivity index (χ1n) is 8.29. The van der Waals surface area contributed by atoms with Gasteiger partial charge in [0.15, 0.2) is 0 Å². The highest BCUT2D eigenvalue weighted by atomic mass is 16.5. The molecule has 2 rings (SSSR count). The van der Waals surface area contributed by atoms with Gasteiger partial charge in [-0.05, 0) is 56.7 Å². The fourth-order valence-electron chi connectivity index (χ4n) is 3.91. The summed E-state index contributed by atoms with van der Waals surface area (Å²) in [6.45, 7) is 11.0. The molecule has 1 aliphatic rings. The molecule has 3 heteroatoms. The molecule has 2 atom stereocenters. The van der Waals surface area contributed by atoms with Gasteiger partial charge in [0, 0.05) is 11.2 Å². The minimum absolute atomic E-state index is 0.0613. The van der Waals surface area contributed by atoms with Gasteiger partial charge in [0.05, 0.1) is 7.11 Å². The summed E-state index contributed by atoms with van der Waals surface area (Å²) in [7, 11) is 1.49. The number of hydrogen-bond acceptors (Lipinski definition) is 3. The minimum atomic E-state index is -0.210. The lowest BCUT2D eigenvalue weighted by atomic mass is 9.78. The van der Waals surface area contributed by atoms with Crippen molar-refractivity contribution in [1.29, 1.82) is 0 Å². The van der Waals surface area contributed by atoms with Crippen LogP contribution in [0.4, 0.5) is 5.69 Å². The number of anilines is 1. The molecule has 1 heterocycles. The number of nitrogens with zero attached hydrogens (tertiary/aromatic N) is 1. The van der Waals surface area contributed by atoms with Crippen LogP contribution in [0.5, 0.6) is 0 Å². The molecule has 122 valence electrons. The van der Waals surface area contributed by atoms with Crippen LogP contribution in [-0.2, 0) is 9.53 Å². The molecular weight excluding hydrogens is 274 g/mol. The number of fused-ring (bicyclic) bond motifs is 1. The van der Waals surface area contributed by atoms with Gasteiger partial charge in [0.25, 0.3) is 0 Å². The first kappa shape index (κ1) is 16.9. The van der Waals surface area contributed by atoms with Crippen molar-refractivity contribution in [3.8, 4) is 0 Å². The molecule has 0 bridgehead atoms. The van der Waals surface area contributed by atoms with Gasteiger partial charge in [0.2, 0.25) is 0 Å². The third kappa shape index (κ3) is 2.99. The van der Waals surface area contributed by atoms with E-state index in [1.165, 1.54) is 23.9 Å². The molecule has 22 heavy (non-hydrogen) atoms. The van der Waals surface area contributed by atoms with E-state index in [0.29, 0.717) is 5.92 Å². The van der Waals surface area contributed by atoms with Crippen LogP contribution in [0.15, 0.2) is 18.2 Å². The Kier molecular flexibility index (Phi) is 4.84. The second-order valence-corrected chi connectivity index (χ2v) is 7.18. The number of aryl methyl sites for hydroxylation is 1. The molecule has 0 N–H and O–H groups in total. The lowest BCUT2D eigenvalue weighted by Crippen LogP contribution is -2.56. The fraction of sp³-hybridized carbons (Fsp3) is 0.632. The van der Waals surface area contributed by atoms with E-state index >= 15 is 0 Å². The topological polar surface area (TPSA) is 29.5 Å². The number of esters is 1. The molecule has 0 fully saturated rings. The Hall–Kier alpha value is -1.51. The average molecular weight is 303 g/mol. The van der Waals surface area contributed by atoms with Gasteiger partial charge < -0.3 is 9.64 Å². The number of carbonyl (C=O) groups excluding carboxylic acids is 1. The summed E-state index contributed by atoms with van der Waals surface area (Å²) in [6, 6.07) is 6.40. The molecular formula is C19H29NO2. The van der Waals surface area contributed by atoms with Gasteiger partial charge >= 0.3 is 5.97 Å². The van der Waals surface area contributed by atoms with Crippen molar-refractivity contribution in [3.05, 3.63) is 29.3 Å².